The number of nitrogens with zero attached hydrogens (tertiary/aromatic N) is 3. The lowest BCUT2D eigenvalue weighted by molar-refractivity contribution is -0.113. The number of aromatic amines is 1. The van der Waals surface area contributed by atoms with E-state index in [1.807, 2.05) is 36.4 Å². The molecule has 0 radical (unpaired) electrons. The number of amides is 1. The predicted molar refractivity (Wildman–Crippen MR) is 102 cm³/mol. The summed E-state index contributed by atoms with van der Waals surface area (Å²) in [4.78, 5) is 19.5. The molecule has 4 rings (SSSR count). The fourth-order valence-electron chi connectivity index (χ4n) is 3.12. The van der Waals surface area contributed by atoms with Crippen molar-refractivity contribution >= 4 is 28.9 Å². The minimum Gasteiger partial charge on any atom is -0.351 e. The van der Waals surface area contributed by atoms with Gasteiger partial charge in [-0.25, -0.2) is 0 Å². The second-order valence-corrected chi connectivity index (χ2v) is 7.56. The first-order valence-corrected chi connectivity index (χ1v) is 9.38. The van der Waals surface area contributed by atoms with Gasteiger partial charge in [0.2, 0.25) is 0 Å². The van der Waals surface area contributed by atoms with Crippen LogP contribution in [0.1, 0.15) is 25.3 Å². The number of carbonyl (C=O) groups is 1. The molecular weight excluding hydrogens is 332 g/mol. The number of H-pyrrole nitrogens is 1. The van der Waals surface area contributed by atoms with Crippen LogP contribution in [0.4, 0.5) is 0 Å². The molecule has 0 unspecified atom stereocenters. The highest BCUT2D eigenvalue weighted by Gasteiger charge is 2.28. The Morgan fingerprint density at radius 3 is 2.76 bits per heavy atom. The molecule has 1 N–H and O–H groups in total. The van der Waals surface area contributed by atoms with Crippen molar-refractivity contribution in [1.29, 1.82) is 0 Å². The van der Waals surface area contributed by atoms with Crippen molar-refractivity contribution in [2.45, 2.75) is 19.8 Å². The molecule has 128 valence electrons. The molecule has 3 heterocycles. The first kappa shape index (κ1) is 16.1. The van der Waals surface area contributed by atoms with E-state index in [0.29, 0.717) is 4.91 Å². The molecule has 0 saturated carbocycles. The SMILES string of the molecule is CC1CCN(C2=NC(=O)/C(=C\c3cn[nH]c3-c3ccccc3)S2)CC1. The van der Waals surface area contributed by atoms with E-state index < -0.39 is 0 Å². The molecule has 2 aromatic rings. The summed E-state index contributed by atoms with van der Waals surface area (Å²) in [6.07, 6.45) is 5.96. The van der Waals surface area contributed by atoms with E-state index in [-0.39, 0.29) is 5.91 Å². The van der Waals surface area contributed by atoms with E-state index in [4.69, 9.17) is 0 Å². The Labute approximate surface area is 151 Å². The standard InChI is InChI=1S/C19H20N4OS/c1-13-7-9-23(10-8-13)19-21-18(24)16(25-19)11-15-12-20-22-17(15)14-5-3-2-4-6-14/h2-6,11-13H,7-10H2,1H3,(H,20,22)/b16-11+. The first-order chi connectivity index (χ1) is 12.2. The molecule has 0 bridgehead atoms. The van der Waals surface area contributed by atoms with Crippen LogP contribution in [-0.4, -0.2) is 39.3 Å². The van der Waals surface area contributed by atoms with Crippen LogP contribution in [0.5, 0.6) is 0 Å². The van der Waals surface area contributed by atoms with Gasteiger partial charge in [0.05, 0.1) is 16.8 Å². The normalized spacial score (nSPS) is 20.4. The average Bonchev–Trinajstić information content (AvgIpc) is 3.24. The molecule has 1 saturated heterocycles. The third-order valence-corrected chi connectivity index (χ3v) is 5.73. The highest BCUT2D eigenvalue weighted by Crippen LogP contribution is 2.33. The third kappa shape index (κ3) is 3.39. The summed E-state index contributed by atoms with van der Waals surface area (Å²) < 4.78 is 0. The molecule has 5 nitrogen and oxygen atoms in total. The van der Waals surface area contributed by atoms with Crippen LogP contribution in [0.25, 0.3) is 17.3 Å². The van der Waals surface area contributed by atoms with Gasteiger partial charge in [-0.05, 0) is 36.6 Å². The van der Waals surface area contributed by atoms with Crippen molar-refractivity contribution in [2.75, 3.05) is 13.1 Å². The highest BCUT2D eigenvalue weighted by atomic mass is 32.2. The monoisotopic (exact) mass is 352 g/mol. The van der Waals surface area contributed by atoms with E-state index in [1.54, 1.807) is 6.20 Å². The molecular formula is C19H20N4OS. The lowest BCUT2D eigenvalue weighted by Gasteiger charge is -2.30. The van der Waals surface area contributed by atoms with Crippen molar-refractivity contribution in [1.82, 2.24) is 15.1 Å². The van der Waals surface area contributed by atoms with Gasteiger partial charge in [-0.2, -0.15) is 10.1 Å². The van der Waals surface area contributed by atoms with Crippen molar-refractivity contribution in [3.8, 4) is 11.3 Å². The van der Waals surface area contributed by atoms with Crippen LogP contribution in [0, 0.1) is 5.92 Å². The molecule has 2 aliphatic rings. The van der Waals surface area contributed by atoms with Gasteiger partial charge in [0, 0.05) is 24.2 Å². The van der Waals surface area contributed by atoms with Gasteiger partial charge in [0.25, 0.3) is 5.91 Å². The Bertz CT molecular complexity index is 832. The maximum absolute atomic E-state index is 12.3. The number of thioether (sulfide) groups is 1. The molecule has 2 aliphatic heterocycles. The van der Waals surface area contributed by atoms with E-state index in [2.05, 4.69) is 27.0 Å². The highest BCUT2D eigenvalue weighted by molar-refractivity contribution is 8.18. The van der Waals surface area contributed by atoms with Crippen LogP contribution in [0.15, 0.2) is 46.4 Å². The Kier molecular flexibility index (Phi) is 4.44. The lowest BCUT2D eigenvalue weighted by Crippen LogP contribution is -2.35. The first-order valence-electron chi connectivity index (χ1n) is 8.57. The summed E-state index contributed by atoms with van der Waals surface area (Å²) in [6.45, 7) is 4.24. The number of nitrogens with one attached hydrogen (secondary N) is 1. The summed E-state index contributed by atoms with van der Waals surface area (Å²) >= 11 is 1.47. The maximum atomic E-state index is 12.3. The molecule has 0 spiro atoms. The molecule has 0 aliphatic carbocycles. The molecule has 1 aromatic carbocycles. The molecule has 1 aromatic heterocycles. The van der Waals surface area contributed by atoms with Crippen molar-refractivity contribution in [3.05, 3.63) is 47.0 Å². The van der Waals surface area contributed by atoms with Gasteiger partial charge in [0.15, 0.2) is 5.17 Å². The van der Waals surface area contributed by atoms with E-state index >= 15 is 0 Å². The fraction of sp³-hybridized carbons (Fsp3) is 0.316. The number of carbonyl (C=O) groups excluding carboxylic acids is 1. The summed E-state index contributed by atoms with van der Waals surface area (Å²) in [5.41, 5.74) is 2.88. The largest absolute Gasteiger partial charge is 0.351 e. The fourth-order valence-corrected chi connectivity index (χ4v) is 4.07. The van der Waals surface area contributed by atoms with Gasteiger partial charge in [0.1, 0.15) is 0 Å². The Morgan fingerprint density at radius 1 is 1.24 bits per heavy atom. The van der Waals surface area contributed by atoms with Crippen LogP contribution in [0.2, 0.25) is 0 Å². The van der Waals surface area contributed by atoms with E-state index in [9.17, 15) is 4.79 Å². The van der Waals surface area contributed by atoms with Crippen LogP contribution in [-0.2, 0) is 4.79 Å². The molecule has 0 atom stereocenters. The quantitative estimate of drug-likeness (QED) is 0.836. The molecule has 1 amide bonds. The number of amidine groups is 1. The van der Waals surface area contributed by atoms with E-state index in [0.717, 1.165) is 53.8 Å². The number of hydrogen-bond donors (Lipinski definition) is 1. The van der Waals surface area contributed by atoms with Crippen molar-refractivity contribution in [3.63, 3.8) is 0 Å². The zero-order valence-electron chi connectivity index (χ0n) is 14.1. The summed E-state index contributed by atoms with van der Waals surface area (Å²) in [5, 5.41) is 8.01. The Morgan fingerprint density at radius 2 is 2.00 bits per heavy atom. The molecule has 6 heteroatoms. The number of likely N-dealkylation sites (tertiary alicyclic amines) is 1. The number of benzene rings is 1. The number of rotatable bonds is 2. The smallest absolute Gasteiger partial charge is 0.286 e. The number of hydrogen-bond acceptors (Lipinski definition) is 4. The minimum atomic E-state index is -0.154. The van der Waals surface area contributed by atoms with Crippen LogP contribution < -0.4 is 0 Å². The van der Waals surface area contributed by atoms with Crippen LogP contribution >= 0.6 is 11.8 Å². The van der Waals surface area contributed by atoms with Gasteiger partial charge < -0.3 is 4.90 Å². The van der Waals surface area contributed by atoms with Gasteiger partial charge >= 0.3 is 0 Å². The second-order valence-electron chi connectivity index (χ2n) is 6.55. The summed E-state index contributed by atoms with van der Waals surface area (Å²) in [6, 6.07) is 10.0. The zero-order chi connectivity index (χ0) is 17.2. The second kappa shape index (κ2) is 6.88. The zero-order valence-corrected chi connectivity index (χ0v) is 14.9. The molecule has 25 heavy (non-hydrogen) atoms. The van der Waals surface area contributed by atoms with Gasteiger partial charge in [-0.15, -0.1) is 0 Å². The van der Waals surface area contributed by atoms with Crippen molar-refractivity contribution in [2.24, 2.45) is 10.9 Å². The Hall–Kier alpha value is -2.34. The van der Waals surface area contributed by atoms with Crippen LogP contribution in [0.3, 0.4) is 0 Å². The molecule has 1 fully saturated rings. The number of aliphatic imine (C=N–C) groups is 1. The van der Waals surface area contributed by atoms with Gasteiger partial charge in [-0.3, -0.25) is 9.89 Å². The maximum Gasteiger partial charge on any atom is 0.286 e. The number of aromatic nitrogens is 2. The minimum absolute atomic E-state index is 0.154. The summed E-state index contributed by atoms with van der Waals surface area (Å²) in [5.74, 6) is 0.604. The Balaban J connectivity index is 1.54. The van der Waals surface area contributed by atoms with Crippen molar-refractivity contribution < 1.29 is 4.79 Å². The van der Waals surface area contributed by atoms with Gasteiger partial charge in [-0.1, -0.05) is 37.3 Å². The summed E-state index contributed by atoms with van der Waals surface area (Å²) in [7, 11) is 0. The predicted octanol–water partition coefficient (Wildman–Crippen LogP) is 3.78. The number of piperidine rings is 1. The topological polar surface area (TPSA) is 61.4 Å². The lowest BCUT2D eigenvalue weighted by atomic mass is 10.00. The van der Waals surface area contributed by atoms with E-state index in [1.165, 1.54) is 11.8 Å². The average molecular weight is 352 g/mol. The third-order valence-electron chi connectivity index (χ3n) is 4.68.